The summed E-state index contributed by atoms with van der Waals surface area (Å²) in [7, 11) is 0. The minimum absolute atomic E-state index is 0.0985. The number of carboxylic acid groups (broad SMARTS) is 1. The van der Waals surface area contributed by atoms with Crippen molar-refractivity contribution in [1.82, 2.24) is 14.9 Å². The summed E-state index contributed by atoms with van der Waals surface area (Å²) in [4.78, 5) is 52.5. The molecule has 1 fully saturated rings. The van der Waals surface area contributed by atoms with Crippen molar-refractivity contribution in [2.75, 3.05) is 36.5 Å². The van der Waals surface area contributed by atoms with E-state index in [-0.39, 0.29) is 24.2 Å². The molecular formula is C45H51N5O6S. The number of anilines is 2. The van der Waals surface area contributed by atoms with Crippen LogP contribution in [0, 0.1) is 12.8 Å². The molecule has 298 valence electrons. The quantitative estimate of drug-likeness (QED) is 0.0934. The van der Waals surface area contributed by atoms with E-state index in [4.69, 9.17) is 14.5 Å². The number of nitrogens with one attached hydrogen (secondary N) is 1. The number of likely N-dealkylation sites (tertiary alicyclic amines) is 1. The van der Waals surface area contributed by atoms with Crippen molar-refractivity contribution in [3.05, 3.63) is 101 Å². The van der Waals surface area contributed by atoms with Crippen molar-refractivity contribution in [2.24, 2.45) is 5.92 Å². The van der Waals surface area contributed by atoms with E-state index in [1.54, 1.807) is 0 Å². The van der Waals surface area contributed by atoms with Gasteiger partial charge in [-0.15, -0.1) is 0 Å². The second kappa shape index (κ2) is 17.0. The van der Waals surface area contributed by atoms with Crippen LogP contribution in [0.15, 0.2) is 72.8 Å². The van der Waals surface area contributed by atoms with Crippen molar-refractivity contribution >= 4 is 50.3 Å². The first-order chi connectivity index (χ1) is 27.3. The molecule has 0 saturated carbocycles. The largest absolute Gasteiger partial charge is 0.493 e. The van der Waals surface area contributed by atoms with Crippen LogP contribution in [0.1, 0.15) is 90.9 Å². The SMILES string of the molecule is Cc1c(OCCC[C@H]2CCN(CC(=O)O)[C@@H](C)C2)cccc1-c1ccc(N2CCc3cccc(C(=O)Nc4nc5ccccc5s4)c3C2)nc1C(=O)OC(C)(C)C. The lowest BCUT2D eigenvalue weighted by Crippen LogP contribution is -2.43. The number of ether oxygens (including phenoxy) is 2. The predicted molar refractivity (Wildman–Crippen MR) is 224 cm³/mol. The Morgan fingerprint density at radius 1 is 0.965 bits per heavy atom. The number of pyridine rings is 1. The molecular weight excluding hydrogens is 739 g/mol. The van der Waals surface area contributed by atoms with Gasteiger partial charge >= 0.3 is 11.9 Å². The monoisotopic (exact) mass is 789 g/mol. The predicted octanol–water partition coefficient (Wildman–Crippen LogP) is 8.78. The lowest BCUT2D eigenvalue weighted by molar-refractivity contribution is -0.139. The highest BCUT2D eigenvalue weighted by atomic mass is 32.1. The number of esters is 1. The highest BCUT2D eigenvalue weighted by Gasteiger charge is 2.29. The zero-order valence-electron chi connectivity index (χ0n) is 33.3. The fourth-order valence-electron chi connectivity index (χ4n) is 8.01. The molecule has 0 aliphatic carbocycles. The minimum atomic E-state index is -0.775. The third kappa shape index (κ3) is 9.45. The van der Waals surface area contributed by atoms with Crippen LogP contribution in [0.25, 0.3) is 21.3 Å². The van der Waals surface area contributed by atoms with Gasteiger partial charge in [0.2, 0.25) is 0 Å². The van der Waals surface area contributed by atoms with Crippen LogP contribution in [0.5, 0.6) is 5.75 Å². The van der Waals surface area contributed by atoms with Crippen molar-refractivity contribution in [2.45, 2.75) is 84.9 Å². The van der Waals surface area contributed by atoms with Gasteiger partial charge in [0, 0.05) is 30.3 Å². The van der Waals surface area contributed by atoms with Gasteiger partial charge < -0.3 is 19.5 Å². The summed E-state index contributed by atoms with van der Waals surface area (Å²) in [6.45, 7) is 12.2. The number of piperidine rings is 1. The number of para-hydroxylation sites is 1. The molecule has 4 heterocycles. The van der Waals surface area contributed by atoms with E-state index in [1.807, 2.05) is 99.3 Å². The number of benzene rings is 3. The molecule has 0 unspecified atom stereocenters. The molecule has 2 N–H and O–H groups in total. The summed E-state index contributed by atoms with van der Waals surface area (Å²) in [5.74, 6) is 0.422. The molecule has 2 aliphatic heterocycles. The van der Waals surface area contributed by atoms with Gasteiger partial charge in [0.15, 0.2) is 10.8 Å². The van der Waals surface area contributed by atoms with Gasteiger partial charge in [0.25, 0.3) is 5.91 Å². The zero-order valence-corrected chi connectivity index (χ0v) is 34.2. The Labute approximate surface area is 338 Å². The molecule has 12 heteroatoms. The van der Waals surface area contributed by atoms with Crippen LogP contribution < -0.4 is 15.0 Å². The number of nitrogens with zero attached hydrogens (tertiary/aromatic N) is 4. The summed E-state index contributed by atoms with van der Waals surface area (Å²) in [5.41, 5.74) is 5.35. The van der Waals surface area contributed by atoms with Gasteiger partial charge in [0.05, 0.1) is 23.4 Å². The highest BCUT2D eigenvalue weighted by Crippen LogP contribution is 2.36. The maximum atomic E-state index is 13.9. The van der Waals surface area contributed by atoms with Crippen LogP contribution in [0.2, 0.25) is 0 Å². The summed E-state index contributed by atoms with van der Waals surface area (Å²) < 4.78 is 13.3. The number of hydrogen-bond donors (Lipinski definition) is 2. The summed E-state index contributed by atoms with van der Waals surface area (Å²) >= 11 is 1.45. The number of aliphatic carboxylic acids is 1. The summed E-state index contributed by atoms with van der Waals surface area (Å²) in [6.07, 6.45) is 4.61. The third-order valence-electron chi connectivity index (χ3n) is 10.9. The average Bonchev–Trinajstić information content (AvgIpc) is 3.59. The van der Waals surface area contributed by atoms with Crippen LogP contribution >= 0.6 is 11.3 Å². The molecule has 0 bridgehead atoms. The average molecular weight is 790 g/mol. The van der Waals surface area contributed by atoms with Crippen LogP contribution in [-0.2, 0) is 22.5 Å². The van der Waals surface area contributed by atoms with E-state index in [9.17, 15) is 19.5 Å². The fourth-order valence-corrected chi connectivity index (χ4v) is 8.87. The van der Waals surface area contributed by atoms with E-state index in [1.165, 1.54) is 11.3 Å². The molecule has 1 amide bonds. The molecule has 5 aromatic rings. The molecule has 3 aromatic carbocycles. The fraction of sp³-hybridized carbons (Fsp3) is 0.400. The maximum Gasteiger partial charge on any atom is 0.358 e. The lowest BCUT2D eigenvalue weighted by atomic mass is 9.88. The molecule has 1 saturated heterocycles. The number of aromatic nitrogens is 2. The standard InChI is InChI=1S/C45H51N5O6S/c1-28-25-30(20-22-49(28)27-40(51)52)11-10-24-55-37-16-9-13-32(29(37)2)33-18-19-39(47-41(33)43(54)56-45(3,4)5)50-23-21-31-12-8-14-34(35(31)26-50)42(53)48-44-46-36-15-6-7-17-38(36)57-44/h6-9,12-19,28,30H,10-11,20-27H2,1-5H3,(H,51,52)(H,46,48,53)/t28-,30-/m0/s1. The Balaban J connectivity index is 1.08. The number of hydrogen-bond acceptors (Lipinski definition) is 10. The smallest absolute Gasteiger partial charge is 0.358 e. The van der Waals surface area contributed by atoms with Crippen molar-refractivity contribution < 1.29 is 29.0 Å². The molecule has 2 aromatic heterocycles. The van der Waals surface area contributed by atoms with Crippen molar-refractivity contribution in [3.63, 3.8) is 0 Å². The van der Waals surface area contributed by atoms with Crippen LogP contribution in [0.3, 0.4) is 0 Å². The minimum Gasteiger partial charge on any atom is -0.493 e. The number of thiazole rings is 1. The van der Waals surface area contributed by atoms with Gasteiger partial charge in [0.1, 0.15) is 17.2 Å². The number of carboxylic acids is 1. The topological polar surface area (TPSA) is 134 Å². The second-order valence-corrected chi connectivity index (χ2v) is 17.2. The molecule has 0 radical (unpaired) electrons. The van der Waals surface area contributed by atoms with E-state index >= 15 is 0 Å². The number of rotatable bonds is 12. The zero-order chi connectivity index (χ0) is 40.3. The van der Waals surface area contributed by atoms with E-state index in [0.29, 0.717) is 54.1 Å². The van der Waals surface area contributed by atoms with E-state index in [0.717, 1.165) is 70.4 Å². The number of carbonyl (C=O) groups excluding carboxylic acids is 2. The van der Waals surface area contributed by atoms with Gasteiger partial charge in [-0.3, -0.25) is 19.8 Å². The lowest BCUT2D eigenvalue weighted by Gasteiger charge is -2.36. The molecule has 2 atom stereocenters. The first-order valence-electron chi connectivity index (χ1n) is 19.8. The maximum absolute atomic E-state index is 13.9. The normalized spacial score (nSPS) is 17.2. The van der Waals surface area contributed by atoms with Gasteiger partial charge in [-0.1, -0.05) is 47.7 Å². The number of fused-ring (bicyclic) bond motifs is 2. The Hall–Kier alpha value is -5.33. The van der Waals surface area contributed by atoms with Crippen LogP contribution in [-0.4, -0.2) is 75.7 Å². The van der Waals surface area contributed by atoms with Crippen molar-refractivity contribution in [1.29, 1.82) is 0 Å². The highest BCUT2D eigenvalue weighted by molar-refractivity contribution is 7.22. The van der Waals surface area contributed by atoms with Gasteiger partial charge in [-0.2, -0.15) is 0 Å². The third-order valence-corrected chi connectivity index (χ3v) is 11.8. The Kier molecular flexibility index (Phi) is 11.9. The molecule has 11 nitrogen and oxygen atoms in total. The Bertz CT molecular complexity index is 2250. The number of carbonyl (C=O) groups is 3. The van der Waals surface area contributed by atoms with E-state index < -0.39 is 17.5 Å². The molecule has 2 aliphatic rings. The molecule has 7 rings (SSSR count). The molecule has 0 spiro atoms. The van der Waals surface area contributed by atoms with Crippen molar-refractivity contribution in [3.8, 4) is 16.9 Å². The first kappa shape index (κ1) is 39.9. The second-order valence-electron chi connectivity index (χ2n) is 16.1. The summed E-state index contributed by atoms with van der Waals surface area (Å²) in [5, 5.41) is 12.8. The van der Waals surface area contributed by atoms with Crippen LogP contribution in [0.4, 0.5) is 10.9 Å². The molecule has 57 heavy (non-hydrogen) atoms. The Morgan fingerprint density at radius 3 is 2.54 bits per heavy atom. The van der Waals surface area contributed by atoms with Gasteiger partial charge in [-0.05, 0) is 138 Å². The van der Waals surface area contributed by atoms with E-state index in [2.05, 4.69) is 28.2 Å². The Morgan fingerprint density at radius 2 is 1.77 bits per heavy atom. The summed E-state index contributed by atoms with van der Waals surface area (Å²) in [6, 6.07) is 23.6. The number of amides is 1. The first-order valence-corrected chi connectivity index (χ1v) is 20.6. The van der Waals surface area contributed by atoms with Gasteiger partial charge in [-0.25, -0.2) is 14.8 Å².